The first-order valence-electron chi connectivity index (χ1n) is 9.90. The fourth-order valence-corrected chi connectivity index (χ4v) is 5.03. The molecule has 1 fully saturated rings. The van der Waals surface area contributed by atoms with Crippen molar-refractivity contribution >= 4 is 15.7 Å². The molecule has 0 spiro atoms. The van der Waals surface area contributed by atoms with Crippen LogP contribution in [0.2, 0.25) is 0 Å². The summed E-state index contributed by atoms with van der Waals surface area (Å²) >= 11 is 0. The highest BCUT2D eigenvalue weighted by Crippen LogP contribution is 2.22. The fourth-order valence-electron chi connectivity index (χ4n) is 3.83. The zero-order valence-electron chi connectivity index (χ0n) is 17.2. The average Bonchev–Trinajstić information content (AvgIpc) is 2.59. The van der Waals surface area contributed by atoms with Crippen LogP contribution < -0.4 is 5.32 Å². The Balaban J connectivity index is 1.88. The van der Waals surface area contributed by atoms with Gasteiger partial charge in [0, 0.05) is 26.2 Å². The van der Waals surface area contributed by atoms with Crippen molar-refractivity contribution in [3.8, 4) is 0 Å². The molecule has 3 unspecified atom stereocenters. The Labute approximate surface area is 164 Å². The van der Waals surface area contributed by atoms with E-state index in [0.717, 1.165) is 37.0 Å². The molecule has 27 heavy (non-hydrogen) atoms. The molecule has 5 nitrogen and oxygen atoms in total. The number of hydrogen-bond donors (Lipinski definition) is 1. The van der Waals surface area contributed by atoms with Crippen LogP contribution in [0.4, 0.5) is 0 Å². The van der Waals surface area contributed by atoms with Gasteiger partial charge in [0.2, 0.25) is 5.91 Å². The minimum atomic E-state index is -3.43. The summed E-state index contributed by atoms with van der Waals surface area (Å²) in [5.41, 5.74) is 2.24. The summed E-state index contributed by atoms with van der Waals surface area (Å²) in [7, 11) is -3.43. The summed E-state index contributed by atoms with van der Waals surface area (Å²) < 4.78 is 24.2. The molecule has 1 saturated heterocycles. The van der Waals surface area contributed by atoms with Crippen molar-refractivity contribution < 1.29 is 13.2 Å². The maximum atomic E-state index is 12.2. The number of carbonyl (C=O) groups is 1. The van der Waals surface area contributed by atoms with E-state index in [-0.39, 0.29) is 0 Å². The van der Waals surface area contributed by atoms with E-state index in [2.05, 4.69) is 36.2 Å². The number of amides is 1. The highest BCUT2D eigenvalue weighted by atomic mass is 32.2. The fraction of sp³-hybridized carbons (Fsp3) is 0.667. The Hall–Kier alpha value is -1.40. The molecule has 1 N–H and O–H groups in total. The van der Waals surface area contributed by atoms with E-state index < -0.39 is 26.2 Å². The molecule has 0 aliphatic carbocycles. The molecule has 0 saturated carbocycles. The van der Waals surface area contributed by atoms with Crippen molar-refractivity contribution in [1.82, 2.24) is 10.2 Å². The standard InChI is InChI=1S/C21H34N2O3S/c1-15(2)27(25,26)18(5)21(24)22-11-19-6-8-20(9-7-19)14-23-12-16(3)10-17(4)13-23/h6-9,15-18H,10-14H2,1-5H3,(H,22,24). The molecule has 0 bridgehead atoms. The van der Waals surface area contributed by atoms with E-state index in [1.165, 1.54) is 18.9 Å². The highest BCUT2D eigenvalue weighted by Gasteiger charge is 2.30. The first-order chi connectivity index (χ1) is 12.6. The van der Waals surface area contributed by atoms with Crippen LogP contribution in [-0.2, 0) is 27.7 Å². The summed E-state index contributed by atoms with van der Waals surface area (Å²) in [5.74, 6) is 1.05. The largest absolute Gasteiger partial charge is 0.351 e. The second-order valence-electron chi connectivity index (χ2n) is 8.45. The Morgan fingerprint density at radius 3 is 2.11 bits per heavy atom. The summed E-state index contributed by atoms with van der Waals surface area (Å²) in [6.07, 6.45) is 1.31. The van der Waals surface area contributed by atoms with Gasteiger partial charge in [-0.15, -0.1) is 0 Å². The zero-order chi connectivity index (χ0) is 20.2. The van der Waals surface area contributed by atoms with Gasteiger partial charge in [0.15, 0.2) is 9.84 Å². The number of piperidine rings is 1. The Bertz CT molecular complexity index is 718. The number of likely N-dealkylation sites (tertiary alicyclic amines) is 1. The number of nitrogens with zero attached hydrogens (tertiary/aromatic N) is 1. The summed E-state index contributed by atoms with van der Waals surface area (Å²) in [5, 5.41) is 1.16. The molecule has 0 aromatic heterocycles. The lowest BCUT2D eigenvalue weighted by molar-refractivity contribution is -0.120. The van der Waals surface area contributed by atoms with Crippen molar-refractivity contribution in [3.63, 3.8) is 0 Å². The van der Waals surface area contributed by atoms with Crippen LogP contribution in [0, 0.1) is 11.8 Å². The monoisotopic (exact) mass is 394 g/mol. The number of carbonyl (C=O) groups excluding carboxylic acids is 1. The minimum absolute atomic E-state index is 0.342. The first-order valence-corrected chi connectivity index (χ1v) is 11.5. The molecule has 1 aliphatic rings. The molecule has 1 amide bonds. The van der Waals surface area contributed by atoms with E-state index in [1.807, 2.05) is 12.1 Å². The van der Waals surface area contributed by atoms with E-state index in [4.69, 9.17) is 0 Å². The smallest absolute Gasteiger partial charge is 0.238 e. The van der Waals surface area contributed by atoms with Crippen LogP contribution in [0.5, 0.6) is 0 Å². The van der Waals surface area contributed by atoms with Crippen LogP contribution in [-0.4, -0.2) is 42.8 Å². The lowest BCUT2D eigenvalue weighted by Crippen LogP contribution is -2.40. The van der Waals surface area contributed by atoms with Gasteiger partial charge in [-0.25, -0.2) is 8.42 Å². The molecule has 1 aromatic rings. The quantitative estimate of drug-likeness (QED) is 0.772. The summed E-state index contributed by atoms with van der Waals surface area (Å²) in [4.78, 5) is 14.7. The Morgan fingerprint density at radius 2 is 1.59 bits per heavy atom. The number of sulfone groups is 1. The molecule has 2 rings (SSSR count). The van der Waals surface area contributed by atoms with E-state index in [0.29, 0.717) is 6.54 Å². The van der Waals surface area contributed by atoms with Gasteiger partial charge in [-0.1, -0.05) is 38.1 Å². The van der Waals surface area contributed by atoms with Crippen LogP contribution in [0.1, 0.15) is 52.2 Å². The van der Waals surface area contributed by atoms with Crippen molar-refractivity contribution in [2.75, 3.05) is 13.1 Å². The number of nitrogens with one attached hydrogen (secondary N) is 1. The lowest BCUT2D eigenvalue weighted by atomic mass is 9.91. The van der Waals surface area contributed by atoms with Crippen molar-refractivity contribution in [2.24, 2.45) is 11.8 Å². The van der Waals surface area contributed by atoms with Gasteiger partial charge < -0.3 is 5.32 Å². The predicted octanol–water partition coefficient (Wildman–Crippen LogP) is 2.99. The van der Waals surface area contributed by atoms with Gasteiger partial charge in [-0.05, 0) is 50.2 Å². The van der Waals surface area contributed by atoms with Gasteiger partial charge >= 0.3 is 0 Å². The van der Waals surface area contributed by atoms with Crippen molar-refractivity contribution in [1.29, 1.82) is 0 Å². The van der Waals surface area contributed by atoms with Crippen LogP contribution in [0.15, 0.2) is 24.3 Å². The summed E-state index contributed by atoms with van der Waals surface area (Å²) in [6, 6.07) is 8.21. The van der Waals surface area contributed by atoms with Crippen LogP contribution in [0.25, 0.3) is 0 Å². The van der Waals surface area contributed by atoms with Gasteiger partial charge in [-0.2, -0.15) is 0 Å². The third-order valence-electron chi connectivity index (χ3n) is 5.36. The van der Waals surface area contributed by atoms with Gasteiger partial charge in [-0.3, -0.25) is 9.69 Å². The van der Waals surface area contributed by atoms with Gasteiger partial charge in [0.1, 0.15) is 5.25 Å². The molecular weight excluding hydrogens is 360 g/mol. The van der Waals surface area contributed by atoms with E-state index in [9.17, 15) is 13.2 Å². The summed E-state index contributed by atoms with van der Waals surface area (Å²) in [6.45, 7) is 12.9. The molecule has 3 atom stereocenters. The van der Waals surface area contributed by atoms with Crippen LogP contribution >= 0.6 is 0 Å². The average molecular weight is 395 g/mol. The Morgan fingerprint density at radius 1 is 1.07 bits per heavy atom. The second kappa shape index (κ2) is 9.20. The third kappa shape index (κ3) is 6.04. The lowest BCUT2D eigenvalue weighted by Gasteiger charge is -2.35. The van der Waals surface area contributed by atoms with Gasteiger partial charge in [0.05, 0.1) is 5.25 Å². The normalized spacial score (nSPS) is 22.6. The number of hydrogen-bond acceptors (Lipinski definition) is 4. The second-order valence-corrected chi connectivity index (χ2v) is 11.3. The van der Waals surface area contributed by atoms with E-state index >= 15 is 0 Å². The first kappa shape index (κ1) is 21.9. The molecule has 1 aliphatic heterocycles. The maximum Gasteiger partial charge on any atom is 0.238 e. The zero-order valence-corrected chi connectivity index (χ0v) is 18.1. The predicted molar refractivity (Wildman–Crippen MR) is 110 cm³/mol. The molecule has 1 heterocycles. The van der Waals surface area contributed by atoms with Crippen molar-refractivity contribution in [3.05, 3.63) is 35.4 Å². The highest BCUT2D eigenvalue weighted by molar-refractivity contribution is 7.93. The van der Waals surface area contributed by atoms with Gasteiger partial charge in [0.25, 0.3) is 0 Å². The molecule has 0 radical (unpaired) electrons. The topological polar surface area (TPSA) is 66.5 Å². The third-order valence-corrected chi connectivity index (χ3v) is 7.87. The Kier molecular flexibility index (Phi) is 7.46. The van der Waals surface area contributed by atoms with Crippen molar-refractivity contribution in [2.45, 2.75) is 64.6 Å². The minimum Gasteiger partial charge on any atom is -0.351 e. The molecule has 6 heteroatoms. The van der Waals surface area contributed by atoms with Crippen LogP contribution in [0.3, 0.4) is 0 Å². The van der Waals surface area contributed by atoms with E-state index in [1.54, 1.807) is 13.8 Å². The number of benzene rings is 1. The number of rotatable bonds is 7. The molecule has 1 aromatic carbocycles. The maximum absolute atomic E-state index is 12.2. The molecular formula is C21H34N2O3S. The SMILES string of the molecule is CC1CC(C)CN(Cc2ccc(CNC(=O)C(C)S(=O)(=O)C(C)C)cc2)C1. The molecule has 152 valence electrons.